The van der Waals surface area contributed by atoms with Crippen LogP contribution in [-0.4, -0.2) is 68.7 Å². The lowest BCUT2D eigenvalue weighted by molar-refractivity contribution is -0.152. The summed E-state index contributed by atoms with van der Waals surface area (Å²) in [5, 5.41) is 0. The van der Waals surface area contributed by atoms with Crippen molar-refractivity contribution in [3.8, 4) is 0 Å². The number of benzene rings is 1. The fourth-order valence-electron chi connectivity index (χ4n) is 3.53. The number of nitrogens with zero attached hydrogens (tertiary/aromatic N) is 6. The minimum absolute atomic E-state index is 0.243. The molecule has 0 spiro atoms. The van der Waals surface area contributed by atoms with Crippen LogP contribution in [-0.2, 0) is 27.9 Å². The maximum atomic E-state index is 12.4. The number of esters is 1. The Morgan fingerprint density at radius 1 is 1.00 bits per heavy atom. The average Bonchev–Trinajstić information content (AvgIpc) is 3.03. The first-order chi connectivity index (χ1) is 14.5. The third kappa shape index (κ3) is 3.88. The van der Waals surface area contributed by atoms with Crippen LogP contribution < -0.4 is 10.6 Å². The molecule has 0 unspecified atom stereocenters. The Kier molecular flexibility index (Phi) is 5.46. The van der Waals surface area contributed by atoms with E-state index < -0.39 is 5.97 Å². The Morgan fingerprint density at radius 2 is 1.67 bits per heavy atom. The highest BCUT2D eigenvalue weighted by Gasteiger charge is 2.23. The van der Waals surface area contributed by atoms with E-state index >= 15 is 0 Å². The summed E-state index contributed by atoms with van der Waals surface area (Å²) >= 11 is 0. The number of aryl methyl sites for hydroxylation is 1. The van der Waals surface area contributed by atoms with E-state index in [0.717, 1.165) is 5.52 Å². The molecule has 1 saturated heterocycles. The molecule has 1 fully saturated rings. The minimum atomic E-state index is -0.627. The van der Waals surface area contributed by atoms with Crippen LogP contribution in [0.15, 0.2) is 47.5 Å². The summed E-state index contributed by atoms with van der Waals surface area (Å²) in [4.78, 5) is 49.1. The van der Waals surface area contributed by atoms with Gasteiger partial charge in [0.05, 0.1) is 11.0 Å². The molecule has 3 aromatic rings. The number of aromatic nitrogens is 4. The molecule has 0 atom stereocenters. The van der Waals surface area contributed by atoms with Gasteiger partial charge in [-0.1, -0.05) is 12.1 Å². The van der Waals surface area contributed by atoms with Crippen molar-refractivity contribution >= 4 is 28.9 Å². The monoisotopic (exact) mass is 410 g/mol. The van der Waals surface area contributed by atoms with Crippen LogP contribution in [0.1, 0.15) is 0 Å². The lowest BCUT2D eigenvalue weighted by atomic mass is 10.3. The number of para-hydroxylation sites is 2. The summed E-state index contributed by atoms with van der Waals surface area (Å²) in [5.74, 6) is -0.253. The fourth-order valence-corrected chi connectivity index (χ4v) is 3.53. The third-order valence-corrected chi connectivity index (χ3v) is 5.16. The predicted octanol–water partition coefficient (Wildman–Crippen LogP) is 0.0220. The molecule has 0 bridgehead atoms. The average molecular weight is 410 g/mol. The van der Waals surface area contributed by atoms with E-state index in [0.29, 0.717) is 37.6 Å². The molecular formula is C20H22N6O4. The van der Waals surface area contributed by atoms with Crippen molar-refractivity contribution in [2.45, 2.75) is 6.54 Å². The van der Waals surface area contributed by atoms with Crippen LogP contribution in [0.25, 0.3) is 11.0 Å². The van der Waals surface area contributed by atoms with Crippen LogP contribution in [0, 0.1) is 0 Å². The standard InChI is InChI=1S/C20H22N6O4/c1-23-15-5-2-3-6-16(15)26(20(23)29)13-18(28)30-14-17(27)24-9-11-25(12-10-24)19-21-7-4-8-22-19/h2-8H,9-14H2,1H3. The van der Waals surface area contributed by atoms with Crippen LogP contribution in [0.4, 0.5) is 5.95 Å². The van der Waals surface area contributed by atoms with Crippen molar-refractivity contribution in [3.05, 3.63) is 53.2 Å². The summed E-state index contributed by atoms with van der Waals surface area (Å²) < 4.78 is 7.97. The van der Waals surface area contributed by atoms with Crippen LogP contribution >= 0.6 is 0 Å². The molecule has 10 nitrogen and oxygen atoms in total. The zero-order chi connectivity index (χ0) is 21.1. The molecule has 1 aliphatic heterocycles. The molecule has 0 aliphatic carbocycles. The molecule has 0 saturated carbocycles. The normalized spacial score (nSPS) is 14.2. The highest BCUT2D eigenvalue weighted by molar-refractivity contribution is 5.82. The van der Waals surface area contributed by atoms with Gasteiger partial charge in [0, 0.05) is 45.6 Å². The Labute approximate surface area is 172 Å². The van der Waals surface area contributed by atoms with E-state index in [-0.39, 0.29) is 24.7 Å². The van der Waals surface area contributed by atoms with Crippen LogP contribution in [0.2, 0.25) is 0 Å². The molecule has 1 amide bonds. The first kappa shape index (κ1) is 19.6. The topological polar surface area (TPSA) is 103 Å². The second-order valence-electron chi connectivity index (χ2n) is 6.99. The zero-order valence-electron chi connectivity index (χ0n) is 16.6. The predicted molar refractivity (Wildman–Crippen MR) is 109 cm³/mol. The summed E-state index contributed by atoms with van der Waals surface area (Å²) in [7, 11) is 1.65. The van der Waals surface area contributed by atoms with E-state index in [1.807, 2.05) is 17.0 Å². The van der Waals surface area contributed by atoms with Crippen molar-refractivity contribution in [2.75, 3.05) is 37.7 Å². The number of anilines is 1. The van der Waals surface area contributed by atoms with Gasteiger partial charge in [0.25, 0.3) is 5.91 Å². The highest BCUT2D eigenvalue weighted by Crippen LogP contribution is 2.12. The molecule has 10 heteroatoms. The van der Waals surface area contributed by atoms with Gasteiger partial charge in [-0.15, -0.1) is 0 Å². The van der Waals surface area contributed by atoms with E-state index in [1.165, 1.54) is 9.13 Å². The summed E-state index contributed by atoms with van der Waals surface area (Å²) in [6.45, 7) is 1.62. The molecule has 0 N–H and O–H groups in total. The fraction of sp³-hybridized carbons (Fsp3) is 0.350. The number of carbonyl (C=O) groups is 2. The van der Waals surface area contributed by atoms with Gasteiger partial charge in [-0.3, -0.25) is 18.7 Å². The number of piperazine rings is 1. The van der Waals surface area contributed by atoms with Crippen molar-refractivity contribution in [2.24, 2.45) is 7.05 Å². The van der Waals surface area contributed by atoms with Gasteiger partial charge in [0.2, 0.25) is 5.95 Å². The summed E-state index contributed by atoms with van der Waals surface area (Å²) in [5.41, 5.74) is 1.07. The van der Waals surface area contributed by atoms with Crippen LogP contribution in [0.3, 0.4) is 0 Å². The van der Waals surface area contributed by atoms with E-state index in [2.05, 4.69) is 9.97 Å². The molecule has 156 valence electrons. The maximum Gasteiger partial charge on any atom is 0.329 e. The SMILES string of the molecule is Cn1c(=O)n(CC(=O)OCC(=O)N2CCN(c3ncccn3)CC2)c2ccccc21. The second-order valence-corrected chi connectivity index (χ2v) is 6.99. The lowest BCUT2D eigenvalue weighted by Gasteiger charge is -2.34. The third-order valence-electron chi connectivity index (χ3n) is 5.16. The molecular weight excluding hydrogens is 388 g/mol. The molecule has 0 radical (unpaired) electrons. The number of rotatable bonds is 5. The summed E-state index contributed by atoms with van der Waals surface area (Å²) in [6.07, 6.45) is 3.36. The van der Waals surface area contributed by atoms with Crippen molar-refractivity contribution < 1.29 is 14.3 Å². The van der Waals surface area contributed by atoms with Gasteiger partial charge < -0.3 is 14.5 Å². The Bertz CT molecular complexity index is 1120. The first-order valence-corrected chi connectivity index (χ1v) is 9.64. The zero-order valence-corrected chi connectivity index (χ0v) is 16.6. The molecule has 2 aromatic heterocycles. The Morgan fingerprint density at radius 3 is 2.37 bits per heavy atom. The largest absolute Gasteiger partial charge is 0.454 e. The molecule has 4 rings (SSSR count). The van der Waals surface area contributed by atoms with Crippen molar-refractivity contribution in [1.29, 1.82) is 0 Å². The number of hydrogen-bond donors (Lipinski definition) is 0. The molecule has 30 heavy (non-hydrogen) atoms. The minimum Gasteiger partial charge on any atom is -0.454 e. The molecule has 1 aliphatic rings. The highest BCUT2D eigenvalue weighted by atomic mass is 16.5. The van der Waals surface area contributed by atoms with Crippen molar-refractivity contribution in [3.63, 3.8) is 0 Å². The number of carbonyl (C=O) groups excluding carboxylic acids is 2. The number of ether oxygens (including phenoxy) is 1. The Balaban J connectivity index is 1.30. The van der Waals surface area contributed by atoms with E-state index in [4.69, 9.17) is 4.74 Å². The number of fused-ring (bicyclic) bond motifs is 1. The van der Waals surface area contributed by atoms with E-state index in [1.54, 1.807) is 42.5 Å². The molecule has 1 aromatic carbocycles. The van der Waals surface area contributed by atoms with Gasteiger partial charge in [-0.2, -0.15) is 0 Å². The van der Waals surface area contributed by atoms with Crippen LogP contribution in [0.5, 0.6) is 0 Å². The molecule has 3 heterocycles. The van der Waals surface area contributed by atoms with E-state index in [9.17, 15) is 14.4 Å². The van der Waals surface area contributed by atoms with Gasteiger partial charge in [-0.05, 0) is 18.2 Å². The number of imidazole rings is 1. The smallest absolute Gasteiger partial charge is 0.329 e. The lowest BCUT2D eigenvalue weighted by Crippen LogP contribution is -2.50. The number of hydrogen-bond acceptors (Lipinski definition) is 7. The number of amides is 1. The summed E-state index contributed by atoms with van der Waals surface area (Å²) in [6, 6.07) is 8.96. The van der Waals surface area contributed by atoms with Gasteiger partial charge in [0.15, 0.2) is 6.61 Å². The first-order valence-electron chi connectivity index (χ1n) is 9.64. The maximum absolute atomic E-state index is 12.4. The van der Waals surface area contributed by atoms with Crippen molar-refractivity contribution in [1.82, 2.24) is 24.0 Å². The quantitative estimate of drug-likeness (QED) is 0.547. The van der Waals surface area contributed by atoms with Gasteiger partial charge in [-0.25, -0.2) is 14.8 Å². The van der Waals surface area contributed by atoms with Gasteiger partial charge in [0.1, 0.15) is 6.54 Å². The van der Waals surface area contributed by atoms with Gasteiger partial charge >= 0.3 is 11.7 Å². The second kappa shape index (κ2) is 8.36. The Hall–Kier alpha value is -3.69.